The third-order valence-corrected chi connectivity index (χ3v) is 5.25. The van der Waals surface area contributed by atoms with Gasteiger partial charge >= 0.3 is 0 Å². The van der Waals surface area contributed by atoms with Gasteiger partial charge in [0.1, 0.15) is 5.69 Å². The van der Waals surface area contributed by atoms with Crippen molar-refractivity contribution in [1.29, 1.82) is 0 Å². The molecule has 1 N–H and O–H groups in total. The van der Waals surface area contributed by atoms with Crippen LogP contribution in [0.5, 0.6) is 0 Å². The lowest BCUT2D eigenvalue weighted by Crippen LogP contribution is -2.04. The number of nitrogens with one attached hydrogen (secondary N) is 1. The Bertz CT molecular complexity index is 1510. The molecule has 0 aliphatic heterocycles. The van der Waals surface area contributed by atoms with Crippen LogP contribution in [0.1, 0.15) is 33.9 Å². The molecule has 4 aromatic heterocycles. The van der Waals surface area contributed by atoms with E-state index in [1.54, 1.807) is 48.2 Å². The summed E-state index contributed by atoms with van der Waals surface area (Å²) in [6.07, 6.45) is 3.02. The number of aromatic nitrogens is 7. The van der Waals surface area contributed by atoms with Gasteiger partial charge in [0.15, 0.2) is 17.8 Å². The SMILES string of the molecule is Cc1ccc(Nc2cnc3c(-c4ccc(C=O)c(-n5nc(C(F)F)cc5C)c4)cnn3c2)nn1. The first-order valence-corrected chi connectivity index (χ1v) is 10.3. The van der Waals surface area contributed by atoms with Crippen LogP contribution in [0.25, 0.3) is 22.5 Å². The molecule has 0 fully saturated rings. The molecule has 0 atom stereocenters. The van der Waals surface area contributed by atoms with E-state index < -0.39 is 6.43 Å². The number of anilines is 2. The molecule has 0 saturated heterocycles. The number of carbonyl (C=O) groups is 1. The van der Waals surface area contributed by atoms with Gasteiger partial charge in [-0.15, -0.1) is 5.10 Å². The molecule has 5 aromatic rings. The molecule has 34 heavy (non-hydrogen) atoms. The number of aryl methyl sites for hydroxylation is 2. The van der Waals surface area contributed by atoms with Gasteiger partial charge in [0, 0.05) is 16.8 Å². The van der Waals surface area contributed by atoms with E-state index in [2.05, 4.69) is 30.7 Å². The fourth-order valence-corrected chi connectivity index (χ4v) is 3.60. The topological polar surface area (TPSA) is 103 Å². The predicted molar refractivity (Wildman–Crippen MR) is 121 cm³/mol. The van der Waals surface area contributed by atoms with E-state index in [1.807, 2.05) is 19.1 Å². The molecule has 0 aliphatic carbocycles. The third-order valence-electron chi connectivity index (χ3n) is 5.25. The lowest BCUT2D eigenvalue weighted by molar-refractivity contribution is 0.112. The lowest BCUT2D eigenvalue weighted by Gasteiger charge is -2.10. The predicted octanol–water partition coefficient (Wildman–Crippen LogP) is 4.48. The number of hydrogen-bond donors (Lipinski definition) is 1. The van der Waals surface area contributed by atoms with Crippen molar-refractivity contribution in [2.45, 2.75) is 20.3 Å². The molecule has 4 heterocycles. The average molecular weight is 460 g/mol. The second-order valence-electron chi connectivity index (χ2n) is 7.67. The first kappa shape index (κ1) is 21.3. The summed E-state index contributed by atoms with van der Waals surface area (Å²) < 4.78 is 29.3. The van der Waals surface area contributed by atoms with Gasteiger partial charge in [0.2, 0.25) is 0 Å². The number of rotatable bonds is 6. The van der Waals surface area contributed by atoms with Crippen LogP contribution in [-0.2, 0) is 0 Å². The molecule has 1 aromatic carbocycles. The summed E-state index contributed by atoms with van der Waals surface area (Å²) in [6.45, 7) is 3.51. The Balaban J connectivity index is 1.53. The molecule has 9 nitrogen and oxygen atoms in total. The smallest absolute Gasteiger partial charge is 0.282 e. The Kier molecular flexibility index (Phi) is 5.28. The quantitative estimate of drug-likeness (QED) is 0.373. The van der Waals surface area contributed by atoms with E-state index in [9.17, 15) is 13.6 Å². The number of halogens is 2. The summed E-state index contributed by atoms with van der Waals surface area (Å²) in [5.74, 6) is 0.575. The van der Waals surface area contributed by atoms with Gasteiger partial charge < -0.3 is 5.32 Å². The minimum Gasteiger partial charge on any atom is -0.336 e. The maximum atomic E-state index is 13.1. The molecule has 5 rings (SSSR count). The van der Waals surface area contributed by atoms with Crippen molar-refractivity contribution in [3.63, 3.8) is 0 Å². The zero-order valence-electron chi connectivity index (χ0n) is 18.1. The first-order valence-electron chi connectivity index (χ1n) is 10.3. The van der Waals surface area contributed by atoms with Crippen molar-refractivity contribution in [2.75, 3.05) is 5.32 Å². The van der Waals surface area contributed by atoms with Crippen molar-refractivity contribution in [2.24, 2.45) is 0 Å². The van der Waals surface area contributed by atoms with Gasteiger partial charge in [-0.25, -0.2) is 23.0 Å². The highest BCUT2D eigenvalue weighted by Gasteiger charge is 2.18. The van der Waals surface area contributed by atoms with E-state index >= 15 is 0 Å². The van der Waals surface area contributed by atoms with Crippen LogP contribution in [0.3, 0.4) is 0 Å². The first-order chi connectivity index (χ1) is 16.4. The average Bonchev–Trinajstić information content (AvgIpc) is 3.43. The molecule has 0 amide bonds. The van der Waals surface area contributed by atoms with Crippen molar-refractivity contribution >= 4 is 23.4 Å². The monoisotopic (exact) mass is 460 g/mol. The van der Waals surface area contributed by atoms with Gasteiger partial charge in [0.05, 0.1) is 35.7 Å². The van der Waals surface area contributed by atoms with Crippen LogP contribution in [0.15, 0.2) is 55.0 Å². The van der Waals surface area contributed by atoms with Gasteiger partial charge in [-0.2, -0.15) is 15.3 Å². The minimum absolute atomic E-state index is 0.325. The summed E-state index contributed by atoms with van der Waals surface area (Å²) in [7, 11) is 0. The Hall–Kier alpha value is -4.54. The summed E-state index contributed by atoms with van der Waals surface area (Å²) >= 11 is 0. The second kappa shape index (κ2) is 8.43. The van der Waals surface area contributed by atoms with Crippen LogP contribution in [0, 0.1) is 13.8 Å². The molecule has 0 bridgehead atoms. The third kappa shape index (κ3) is 3.87. The molecule has 0 aliphatic rings. The second-order valence-corrected chi connectivity index (χ2v) is 7.67. The Morgan fingerprint density at radius 2 is 1.91 bits per heavy atom. The van der Waals surface area contributed by atoms with Crippen molar-refractivity contribution in [3.05, 3.63) is 77.6 Å². The summed E-state index contributed by atoms with van der Waals surface area (Å²) in [6, 6.07) is 10.1. The van der Waals surface area contributed by atoms with Gasteiger partial charge in [-0.05, 0) is 49.7 Å². The number of benzene rings is 1. The number of fused-ring (bicyclic) bond motifs is 1. The van der Waals surface area contributed by atoms with Crippen LogP contribution < -0.4 is 5.32 Å². The van der Waals surface area contributed by atoms with Gasteiger partial charge in [-0.3, -0.25) is 4.79 Å². The normalized spacial score (nSPS) is 11.3. The largest absolute Gasteiger partial charge is 0.336 e. The zero-order valence-corrected chi connectivity index (χ0v) is 18.1. The number of carbonyl (C=O) groups excluding carboxylic acids is 1. The van der Waals surface area contributed by atoms with Crippen LogP contribution in [0.2, 0.25) is 0 Å². The van der Waals surface area contributed by atoms with E-state index in [0.29, 0.717) is 51.5 Å². The van der Waals surface area contributed by atoms with Crippen LogP contribution in [-0.4, -0.2) is 40.9 Å². The highest BCUT2D eigenvalue weighted by atomic mass is 19.3. The fraction of sp³-hybridized carbons (Fsp3) is 0.130. The highest BCUT2D eigenvalue weighted by molar-refractivity contribution is 5.86. The fourth-order valence-electron chi connectivity index (χ4n) is 3.60. The van der Waals surface area contributed by atoms with Gasteiger partial charge in [0.25, 0.3) is 6.43 Å². The Morgan fingerprint density at radius 3 is 2.62 bits per heavy atom. The minimum atomic E-state index is -2.71. The lowest BCUT2D eigenvalue weighted by atomic mass is 10.0. The molecule has 11 heteroatoms. The summed E-state index contributed by atoms with van der Waals surface area (Å²) in [5, 5.41) is 19.6. The van der Waals surface area contributed by atoms with Crippen molar-refractivity contribution < 1.29 is 13.6 Å². The zero-order chi connectivity index (χ0) is 23.8. The highest BCUT2D eigenvalue weighted by Crippen LogP contribution is 2.29. The standard InChI is InChI=1S/C23H18F2N8O/c1-13-3-6-21(30-29-13)28-17-9-26-23-18(10-27-32(23)11-17)15-4-5-16(12-34)20(8-15)33-14(2)7-19(31-33)22(24)25/h3-12,22H,1-2H3,(H,28,30). The Morgan fingerprint density at radius 1 is 1.06 bits per heavy atom. The van der Waals surface area contributed by atoms with E-state index in [0.717, 1.165) is 5.69 Å². The number of hydrogen-bond acceptors (Lipinski definition) is 7. The van der Waals surface area contributed by atoms with Gasteiger partial charge in [-0.1, -0.05) is 6.07 Å². The number of alkyl halides is 2. The maximum Gasteiger partial charge on any atom is 0.282 e. The van der Waals surface area contributed by atoms with Crippen molar-refractivity contribution in [3.8, 4) is 16.8 Å². The maximum absolute atomic E-state index is 13.1. The van der Waals surface area contributed by atoms with E-state index in [-0.39, 0.29) is 5.69 Å². The van der Waals surface area contributed by atoms with Crippen LogP contribution in [0.4, 0.5) is 20.3 Å². The Labute approximate surface area is 192 Å². The molecule has 0 unspecified atom stereocenters. The van der Waals surface area contributed by atoms with E-state index in [4.69, 9.17) is 0 Å². The molecule has 0 spiro atoms. The van der Waals surface area contributed by atoms with E-state index in [1.165, 1.54) is 10.7 Å². The molecule has 0 saturated carbocycles. The van der Waals surface area contributed by atoms with Crippen LogP contribution >= 0.6 is 0 Å². The molecular formula is C23H18F2N8O. The molecular weight excluding hydrogens is 442 g/mol. The van der Waals surface area contributed by atoms with Crippen molar-refractivity contribution in [1.82, 2.24) is 34.6 Å². The molecule has 170 valence electrons. The summed E-state index contributed by atoms with van der Waals surface area (Å²) in [4.78, 5) is 16.2. The summed E-state index contributed by atoms with van der Waals surface area (Å²) in [5.41, 5.74) is 4.34. The number of aldehydes is 1. The molecule has 0 radical (unpaired) electrons. The number of nitrogens with zero attached hydrogens (tertiary/aromatic N) is 7.